The third-order valence-electron chi connectivity index (χ3n) is 3.24. The van der Waals surface area contributed by atoms with Crippen molar-refractivity contribution < 1.29 is 9.53 Å². The van der Waals surface area contributed by atoms with E-state index in [-0.39, 0.29) is 11.3 Å². The van der Waals surface area contributed by atoms with E-state index in [9.17, 15) is 4.79 Å². The summed E-state index contributed by atoms with van der Waals surface area (Å²) in [6.07, 6.45) is 13.1. The van der Waals surface area contributed by atoms with Crippen molar-refractivity contribution in [3.8, 4) is 0 Å². The lowest BCUT2D eigenvalue weighted by atomic mass is 10.1. The van der Waals surface area contributed by atoms with E-state index < -0.39 is 0 Å². The molecule has 0 saturated heterocycles. The minimum Gasteiger partial charge on any atom is -0.469 e. The van der Waals surface area contributed by atoms with E-state index >= 15 is 0 Å². The molecule has 0 aliphatic carbocycles. The Balaban J connectivity index is 3.17. The van der Waals surface area contributed by atoms with Gasteiger partial charge in [0.2, 0.25) is 0 Å². The fourth-order valence-electron chi connectivity index (χ4n) is 2.04. The molecule has 0 amide bonds. The van der Waals surface area contributed by atoms with Crippen molar-refractivity contribution in [3.05, 3.63) is 0 Å². The summed E-state index contributed by atoms with van der Waals surface area (Å²) >= 11 is 6.05. The molecule has 0 aliphatic rings. The number of unbranched alkanes of at least 4 members (excludes halogenated alkanes) is 8. The number of alkyl halides is 1. The molecule has 0 saturated carbocycles. The number of methoxy groups -OCH3 is 1. The van der Waals surface area contributed by atoms with Crippen LogP contribution in [-0.4, -0.2) is 18.5 Å². The third-order valence-corrected chi connectivity index (χ3v) is 3.61. The first kappa shape index (κ1) is 17.8. The molecule has 0 aliphatic heterocycles. The van der Waals surface area contributed by atoms with Gasteiger partial charge in [0, 0.05) is 5.38 Å². The Morgan fingerprint density at radius 2 is 1.50 bits per heavy atom. The smallest absolute Gasteiger partial charge is 0.307 e. The van der Waals surface area contributed by atoms with Crippen molar-refractivity contribution in [2.75, 3.05) is 7.11 Å². The Labute approximate surface area is 117 Å². The van der Waals surface area contributed by atoms with Crippen molar-refractivity contribution in [2.24, 2.45) is 0 Å². The van der Waals surface area contributed by atoms with Gasteiger partial charge < -0.3 is 4.74 Å². The molecule has 108 valence electrons. The average Bonchev–Trinajstić information content (AvgIpc) is 2.36. The van der Waals surface area contributed by atoms with Gasteiger partial charge in [0.1, 0.15) is 0 Å². The Kier molecular flexibility index (Phi) is 13.0. The number of rotatable bonds is 12. The van der Waals surface area contributed by atoms with Crippen molar-refractivity contribution in [3.63, 3.8) is 0 Å². The Morgan fingerprint density at radius 1 is 1.00 bits per heavy atom. The fourth-order valence-corrected chi connectivity index (χ4v) is 2.32. The predicted octanol–water partition coefficient (Wildman–Crippen LogP) is 5.08. The minimum atomic E-state index is -0.203. The summed E-state index contributed by atoms with van der Waals surface area (Å²) in [5.74, 6) is -0.203. The lowest BCUT2D eigenvalue weighted by Crippen LogP contribution is -2.09. The summed E-state index contributed by atoms with van der Waals surface area (Å²) in [6, 6.07) is 0. The number of carbonyl (C=O) groups is 1. The van der Waals surface area contributed by atoms with Gasteiger partial charge >= 0.3 is 5.97 Å². The summed E-state index contributed by atoms with van der Waals surface area (Å²) in [5, 5.41) is -0.0537. The number of hydrogen-bond acceptors (Lipinski definition) is 2. The van der Waals surface area contributed by atoms with Crippen molar-refractivity contribution in [2.45, 2.75) is 82.9 Å². The van der Waals surface area contributed by atoms with Crippen LogP contribution >= 0.6 is 11.6 Å². The Bertz CT molecular complexity index is 195. The molecule has 0 radical (unpaired) electrons. The van der Waals surface area contributed by atoms with E-state index in [4.69, 9.17) is 11.6 Å². The lowest BCUT2D eigenvalue weighted by molar-refractivity contribution is -0.140. The molecular weight excluding hydrogens is 248 g/mol. The number of carbonyl (C=O) groups excluding carboxylic acids is 1. The third kappa shape index (κ3) is 12.2. The summed E-state index contributed by atoms with van der Waals surface area (Å²) in [5.41, 5.74) is 0. The summed E-state index contributed by atoms with van der Waals surface area (Å²) in [4.78, 5) is 11.0. The first-order valence-electron chi connectivity index (χ1n) is 7.41. The van der Waals surface area contributed by atoms with Crippen molar-refractivity contribution in [1.82, 2.24) is 0 Å². The molecule has 0 bridgehead atoms. The molecule has 0 heterocycles. The molecular formula is C15H29ClO2. The number of hydrogen-bond donors (Lipinski definition) is 0. The molecule has 3 heteroatoms. The van der Waals surface area contributed by atoms with Gasteiger partial charge in [0.15, 0.2) is 0 Å². The zero-order valence-corrected chi connectivity index (χ0v) is 12.8. The Hall–Kier alpha value is -0.240. The van der Waals surface area contributed by atoms with E-state index in [2.05, 4.69) is 11.7 Å². The van der Waals surface area contributed by atoms with Crippen molar-refractivity contribution >= 4 is 17.6 Å². The first-order valence-corrected chi connectivity index (χ1v) is 7.85. The molecule has 0 aromatic heterocycles. The van der Waals surface area contributed by atoms with Gasteiger partial charge in [-0.05, 0) is 6.42 Å². The van der Waals surface area contributed by atoms with Crippen LogP contribution in [0, 0.1) is 0 Å². The van der Waals surface area contributed by atoms with Crippen LogP contribution in [-0.2, 0) is 9.53 Å². The summed E-state index contributed by atoms with van der Waals surface area (Å²) in [6.45, 7) is 2.25. The maximum Gasteiger partial charge on any atom is 0.307 e. The van der Waals surface area contributed by atoms with Gasteiger partial charge in [-0.15, -0.1) is 11.6 Å². The highest BCUT2D eigenvalue weighted by Gasteiger charge is 2.10. The molecule has 1 unspecified atom stereocenters. The van der Waals surface area contributed by atoms with Gasteiger partial charge in [0.05, 0.1) is 13.5 Å². The normalized spacial score (nSPS) is 12.4. The number of halogens is 1. The topological polar surface area (TPSA) is 26.3 Å². The first-order chi connectivity index (χ1) is 8.70. The molecule has 0 fully saturated rings. The molecule has 18 heavy (non-hydrogen) atoms. The van der Waals surface area contributed by atoms with Crippen LogP contribution in [0.4, 0.5) is 0 Å². The van der Waals surface area contributed by atoms with Crippen LogP contribution in [0.2, 0.25) is 0 Å². The SMILES string of the molecule is CCCCCCCCCCCC(Cl)CC(=O)OC. The summed E-state index contributed by atoms with van der Waals surface area (Å²) in [7, 11) is 1.41. The highest BCUT2D eigenvalue weighted by Crippen LogP contribution is 2.15. The second-order valence-corrected chi connectivity index (χ2v) is 5.61. The average molecular weight is 277 g/mol. The highest BCUT2D eigenvalue weighted by molar-refractivity contribution is 6.21. The lowest BCUT2D eigenvalue weighted by Gasteiger charge is -2.07. The van der Waals surface area contributed by atoms with E-state index in [1.807, 2.05) is 0 Å². The van der Waals surface area contributed by atoms with Gasteiger partial charge in [-0.2, -0.15) is 0 Å². The van der Waals surface area contributed by atoms with Gasteiger partial charge in [-0.1, -0.05) is 64.7 Å². The van der Waals surface area contributed by atoms with E-state index in [1.54, 1.807) is 0 Å². The largest absolute Gasteiger partial charge is 0.469 e. The van der Waals surface area contributed by atoms with Gasteiger partial charge in [-0.25, -0.2) is 0 Å². The molecule has 0 aromatic carbocycles. The van der Waals surface area contributed by atoms with Crippen LogP contribution in [0.15, 0.2) is 0 Å². The quantitative estimate of drug-likeness (QED) is 0.282. The number of esters is 1. The highest BCUT2D eigenvalue weighted by atomic mass is 35.5. The Morgan fingerprint density at radius 3 is 2.00 bits per heavy atom. The molecule has 0 spiro atoms. The second kappa shape index (κ2) is 13.2. The van der Waals surface area contributed by atoms with E-state index in [0.717, 1.165) is 12.8 Å². The van der Waals surface area contributed by atoms with E-state index in [0.29, 0.717) is 6.42 Å². The van der Waals surface area contributed by atoms with E-state index in [1.165, 1.54) is 58.5 Å². The van der Waals surface area contributed by atoms with Crippen LogP contribution < -0.4 is 0 Å². The fraction of sp³-hybridized carbons (Fsp3) is 0.933. The summed E-state index contributed by atoms with van der Waals surface area (Å²) < 4.78 is 4.59. The van der Waals surface area contributed by atoms with Crippen LogP contribution in [0.5, 0.6) is 0 Å². The zero-order chi connectivity index (χ0) is 13.6. The van der Waals surface area contributed by atoms with Gasteiger partial charge in [-0.3, -0.25) is 4.79 Å². The number of ether oxygens (including phenoxy) is 1. The second-order valence-electron chi connectivity index (χ2n) is 4.99. The molecule has 0 rings (SSSR count). The molecule has 2 nitrogen and oxygen atoms in total. The van der Waals surface area contributed by atoms with Crippen molar-refractivity contribution in [1.29, 1.82) is 0 Å². The van der Waals surface area contributed by atoms with Crippen LogP contribution in [0.1, 0.15) is 77.6 Å². The molecule has 1 atom stereocenters. The molecule has 0 N–H and O–H groups in total. The minimum absolute atomic E-state index is 0.0537. The maximum absolute atomic E-state index is 11.0. The standard InChI is InChI=1S/C15H29ClO2/c1-3-4-5-6-7-8-9-10-11-12-14(16)13-15(17)18-2/h14H,3-13H2,1-2H3. The molecule has 0 aromatic rings. The van der Waals surface area contributed by atoms with Crippen LogP contribution in [0.3, 0.4) is 0 Å². The predicted molar refractivity (Wildman–Crippen MR) is 78.1 cm³/mol. The van der Waals surface area contributed by atoms with Gasteiger partial charge in [0.25, 0.3) is 0 Å². The van der Waals surface area contributed by atoms with Crippen LogP contribution in [0.25, 0.3) is 0 Å². The zero-order valence-electron chi connectivity index (χ0n) is 12.0. The monoisotopic (exact) mass is 276 g/mol. The maximum atomic E-state index is 11.0.